The van der Waals surface area contributed by atoms with E-state index < -0.39 is 15.8 Å². The summed E-state index contributed by atoms with van der Waals surface area (Å²) < 4.78 is 39.7. The van der Waals surface area contributed by atoms with Crippen molar-refractivity contribution in [1.29, 1.82) is 0 Å². The maximum absolute atomic E-state index is 12.5. The van der Waals surface area contributed by atoms with Crippen LogP contribution < -0.4 is 10.6 Å². The topological polar surface area (TPSA) is 121 Å². The van der Waals surface area contributed by atoms with Crippen LogP contribution in [0, 0.1) is 12.8 Å². The Bertz CT molecular complexity index is 1140. The second-order valence-electron chi connectivity index (χ2n) is 7.74. The number of phenolic OH excluding ortho intramolecular Hbond substituents is 1. The summed E-state index contributed by atoms with van der Waals surface area (Å²) in [5.74, 6) is 2.63. The molecule has 0 aliphatic rings. The van der Waals surface area contributed by atoms with Gasteiger partial charge in [-0.1, -0.05) is 46.2 Å². The fraction of sp³-hybridized carbons (Fsp3) is 0.455. The molecular formula is C22H34ClN5O4S2. The molecule has 190 valence electrons. The number of sulfonamides is 1. The molecule has 3 N–H and O–H groups in total. The van der Waals surface area contributed by atoms with Gasteiger partial charge in [0.15, 0.2) is 17.4 Å². The molecule has 0 bridgehead atoms. The van der Waals surface area contributed by atoms with E-state index in [9.17, 15) is 13.5 Å². The first-order valence-electron chi connectivity index (χ1n) is 10.8. The average Bonchev–Trinajstić information content (AvgIpc) is 3.37. The van der Waals surface area contributed by atoms with E-state index in [1.807, 2.05) is 32.9 Å². The molecule has 0 amide bonds. The molecule has 3 aromatic rings. The number of nitrogens with one attached hydrogen (secondary N) is 2. The van der Waals surface area contributed by atoms with Crippen LogP contribution in [0.2, 0.25) is 5.02 Å². The molecule has 0 aliphatic heterocycles. The van der Waals surface area contributed by atoms with Crippen LogP contribution in [0.4, 0.5) is 17.3 Å². The summed E-state index contributed by atoms with van der Waals surface area (Å²) in [7, 11) is -1.23. The molecule has 12 heteroatoms. The van der Waals surface area contributed by atoms with E-state index in [1.165, 1.54) is 26.2 Å². The van der Waals surface area contributed by atoms with E-state index in [2.05, 4.69) is 40.2 Å². The van der Waals surface area contributed by atoms with Crippen molar-refractivity contribution < 1.29 is 17.9 Å². The fourth-order valence-corrected chi connectivity index (χ4v) is 4.31. The summed E-state index contributed by atoms with van der Waals surface area (Å²) >= 11 is 6.98. The maximum Gasteiger partial charge on any atom is 0.247 e. The van der Waals surface area contributed by atoms with Crippen molar-refractivity contribution in [3.05, 3.63) is 40.8 Å². The molecule has 3 rings (SSSR count). The number of benzene rings is 1. The van der Waals surface area contributed by atoms with E-state index in [0.717, 1.165) is 33.5 Å². The largest absolute Gasteiger partial charge is 0.504 e. The van der Waals surface area contributed by atoms with Gasteiger partial charge in [0.25, 0.3) is 0 Å². The number of furan rings is 1. The van der Waals surface area contributed by atoms with Crippen LogP contribution in [-0.4, -0.2) is 40.7 Å². The highest BCUT2D eigenvalue weighted by molar-refractivity contribution is 7.89. The first-order valence-corrected chi connectivity index (χ1v) is 13.3. The van der Waals surface area contributed by atoms with Crippen LogP contribution in [0.25, 0.3) is 0 Å². The Kier molecular flexibility index (Phi) is 11.8. The molecule has 1 aromatic carbocycles. The van der Waals surface area contributed by atoms with E-state index in [0.29, 0.717) is 18.2 Å². The van der Waals surface area contributed by atoms with Crippen LogP contribution in [0.15, 0.2) is 33.6 Å². The van der Waals surface area contributed by atoms with Crippen molar-refractivity contribution in [2.45, 2.75) is 53.0 Å². The Labute approximate surface area is 211 Å². The highest BCUT2D eigenvalue weighted by Crippen LogP contribution is 2.39. The zero-order chi connectivity index (χ0) is 26.1. The number of aryl methyl sites for hydroxylation is 1. The summed E-state index contributed by atoms with van der Waals surface area (Å²) in [6, 6.07) is 6.55. The third-order valence-electron chi connectivity index (χ3n) is 3.79. The van der Waals surface area contributed by atoms with Gasteiger partial charge in [-0.25, -0.2) is 12.7 Å². The van der Waals surface area contributed by atoms with Crippen LogP contribution >= 0.6 is 23.3 Å². The van der Waals surface area contributed by atoms with Gasteiger partial charge in [-0.2, -0.15) is 8.75 Å². The third-order valence-corrected chi connectivity index (χ3v) is 6.64. The number of hydrogen-bond donors (Lipinski definition) is 3. The molecule has 34 heavy (non-hydrogen) atoms. The van der Waals surface area contributed by atoms with E-state index in [1.54, 1.807) is 0 Å². The molecule has 0 aliphatic carbocycles. The van der Waals surface area contributed by atoms with Crippen LogP contribution in [-0.2, 0) is 16.6 Å². The number of phenols is 1. The first kappa shape index (κ1) is 29.7. The minimum absolute atomic E-state index is 0.0836. The Morgan fingerprint density at radius 3 is 2.24 bits per heavy atom. The van der Waals surface area contributed by atoms with Gasteiger partial charge in [0.1, 0.15) is 16.4 Å². The van der Waals surface area contributed by atoms with Crippen molar-refractivity contribution in [1.82, 2.24) is 13.1 Å². The molecule has 0 fully saturated rings. The van der Waals surface area contributed by atoms with Crippen LogP contribution in [0.3, 0.4) is 0 Å². The molecule has 2 heterocycles. The smallest absolute Gasteiger partial charge is 0.247 e. The predicted octanol–water partition coefficient (Wildman–Crippen LogP) is 6.09. The van der Waals surface area contributed by atoms with Gasteiger partial charge in [0.2, 0.25) is 10.0 Å². The number of hydrogen-bond acceptors (Lipinski definition) is 9. The monoisotopic (exact) mass is 531 g/mol. The van der Waals surface area contributed by atoms with Gasteiger partial charge in [-0.15, -0.1) is 0 Å². The lowest BCUT2D eigenvalue weighted by atomic mass is 10.3. The summed E-state index contributed by atoms with van der Waals surface area (Å²) in [4.78, 5) is -0.382. The van der Waals surface area contributed by atoms with E-state index >= 15 is 0 Å². The first-order chi connectivity index (χ1) is 15.9. The van der Waals surface area contributed by atoms with Crippen molar-refractivity contribution >= 4 is 50.7 Å². The second-order valence-corrected chi connectivity index (χ2v) is 10.8. The fourth-order valence-electron chi connectivity index (χ4n) is 2.34. The van der Waals surface area contributed by atoms with Gasteiger partial charge in [-0.3, -0.25) is 0 Å². The lowest BCUT2D eigenvalue weighted by molar-refractivity contribution is 0.455. The van der Waals surface area contributed by atoms with Gasteiger partial charge >= 0.3 is 0 Å². The third kappa shape index (κ3) is 8.15. The van der Waals surface area contributed by atoms with Gasteiger partial charge in [0.05, 0.1) is 29.0 Å². The Morgan fingerprint density at radius 1 is 1.12 bits per heavy atom. The summed E-state index contributed by atoms with van der Waals surface area (Å²) in [5, 5.41) is 16.4. The standard InChI is InChI=1S/C16H18ClN5O4S2.C4H10.C2H6/c1-9-4-5-10(26-9)8-18-15-16(21-27-20-15)19-12-7-6-11(17)14(13(12)23)28(24,25)22(2)3;1-4(2)3;1-2/h4-7,23H,8H2,1-3H3,(H,18,20)(H,19,21);4H,1-3H3;1-2H3. The Balaban J connectivity index is 0.000000872. The number of nitrogens with zero attached hydrogens (tertiary/aromatic N) is 3. The van der Waals surface area contributed by atoms with Gasteiger partial charge < -0.3 is 20.2 Å². The zero-order valence-electron chi connectivity index (χ0n) is 20.8. The predicted molar refractivity (Wildman–Crippen MR) is 140 cm³/mol. The number of rotatable bonds is 7. The van der Waals surface area contributed by atoms with Gasteiger partial charge in [0, 0.05) is 14.1 Å². The number of aromatic nitrogens is 2. The van der Waals surface area contributed by atoms with Crippen molar-refractivity contribution in [3.8, 4) is 5.75 Å². The molecular weight excluding hydrogens is 498 g/mol. The SMILES string of the molecule is CC.CC(C)C.Cc1ccc(CNc2nsnc2Nc2ccc(Cl)c(S(=O)(=O)N(C)C)c2O)o1. The minimum Gasteiger partial charge on any atom is -0.504 e. The normalized spacial score (nSPS) is 10.9. The number of aromatic hydroxyl groups is 1. The maximum atomic E-state index is 12.5. The number of halogens is 1. The van der Waals surface area contributed by atoms with Crippen molar-refractivity contribution in [3.63, 3.8) is 0 Å². The average molecular weight is 532 g/mol. The molecule has 9 nitrogen and oxygen atoms in total. The highest BCUT2D eigenvalue weighted by atomic mass is 35.5. The van der Waals surface area contributed by atoms with Crippen molar-refractivity contribution in [2.75, 3.05) is 24.7 Å². The summed E-state index contributed by atoms with van der Waals surface area (Å²) in [6.07, 6.45) is 0. The molecule has 0 atom stereocenters. The van der Waals surface area contributed by atoms with E-state index in [-0.39, 0.29) is 15.6 Å². The quantitative estimate of drug-likeness (QED) is 0.313. The molecule has 0 saturated heterocycles. The van der Waals surface area contributed by atoms with E-state index in [4.69, 9.17) is 16.0 Å². The lowest BCUT2D eigenvalue weighted by Crippen LogP contribution is -2.22. The Hall–Kier alpha value is -2.34. The van der Waals surface area contributed by atoms with Crippen LogP contribution in [0.5, 0.6) is 5.75 Å². The molecule has 0 saturated carbocycles. The second kappa shape index (κ2) is 13.5. The number of anilines is 3. The Morgan fingerprint density at radius 2 is 1.71 bits per heavy atom. The molecule has 0 spiro atoms. The van der Waals surface area contributed by atoms with Crippen LogP contribution in [0.1, 0.15) is 46.1 Å². The molecule has 0 radical (unpaired) electrons. The molecule has 2 aromatic heterocycles. The van der Waals surface area contributed by atoms with Gasteiger partial charge in [-0.05, 0) is 37.1 Å². The minimum atomic E-state index is -3.94. The highest BCUT2D eigenvalue weighted by Gasteiger charge is 2.27. The zero-order valence-corrected chi connectivity index (χ0v) is 23.2. The molecule has 0 unspecified atom stereocenters. The summed E-state index contributed by atoms with van der Waals surface area (Å²) in [6.45, 7) is 12.7. The summed E-state index contributed by atoms with van der Waals surface area (Å²) in [5.41, 5.74) is 0.134. The van der Waals surface area contributed by atoms with Crippen molar-refractivity contribution in [2.24, 2.45) is 5.92 Å². The lowest BCUT2D eigenvalue weighted by Gasteiger charge is -2.16.